The molecule has 1 aromatic rings. The third-order valence-corrected chi connectivity index (χ3v) is 4.87. The summed E-state index contributed by atoms with van der Waals surface area (Å²) in [4.78, 5) is 4.75. The van der Waals surface area contributed by atoms with E-state index in [0.29, 0.717) is 6.04 Å². The Morgan fingerprint density at radius 1 is 1.43 bits per heavy atom. The Labute approximate surface area is 135 Å². The summed E-state index contributed by atoms with van der Waals surface area (Å²) in [7, 11) is 6.01. The van der Waals surface area contributed by atoms with Crippen LogP contribution < -0.4 is 16.0 Å². The molecule has 1 fully saturated rings. The molecule has 0 saturated carbocycles. The van der Waals surface area contributed by atoms with Gasteiger partial charge < -0.3 is 9.64 Å². The molecule has 1 heterocycles. The molecule has 1 aliphatic heterocycles. The van der Waals surface area contributed by atoms with Crippen LogP contribution >= 0.6 is 15.9 Å². The summed E-state index contributed by atoms with van der Waals surface area (Å²) >= 11 is 3.54. The van der Waals surface area contributed by atoms with Crippen LogP contribution in [0.5, 0.6) is 5.75 Å². The minimum Gasteiger partial charge on any atom is -0.496 e. The maximum absolute atomic E-state index is 5.82. The van der Waals surface area contributed by atoms with Crippen LogP contribution in [0.4, 0.5) is 0 Å². The van der Waals surface area contributed by atoms with Crippen LogP contribution in [0, 0.1) is 0 Å². The Kier molecular flexibility index (Phi) is 6.01. The number of benzene rings is 1. The molecule has 0 spiro atoms. The average molecular weight is 357 g/mol. The van der Waals surface area contributed by atoms with E-state index in [4.69, 9.17) is 10.6 Å². The number of methoxy groups -OCH3 is 1. The normalized spacial score (nSPS) is 22.2. The smallest absolute Gasteiger partial charge is 0.133 e. The number of nitrogens with zero attached hydrogens (tertiary/aromatic N) is 2. The van der Waals surface area contributed by atoms with Crippen LogP contribution in [0.15, 0.2) is 22.7 Å². The number of nitrogens with two attached hydrogens (primary N) is 1. The fourth-order valence-electron chi connectivity index (χ4n) is 2.88. The molecule has 0 radical (unpaired) electrons. The number of hydrazine groups is 1. The lowest BCUT2D eigenvalue weighted by molar-refractivity contribution is 0.0877. The molecule has 0 aromatic heterocycles. The Bertz CT molecular complexity index is 471. The lowest BCUT2D eigenvalue weighted by atomic mass is 9.97. The second-order valence-corrected chi connectivity index (χ2v) is 6.61. The van der Waals surface area contributed by atoms with Gasteiger partial charge in [0.05, 0.1) is 11.6 Å². The van der Waals surface area contributed by atoms with Crippen molar-refractivity contribution >= 4 is 15.9 Å². The van der Waals surface area contributed by atoms with Crippen molar-refractivity contribution in [3.05, 3.63) is 28.2 Å². The number of halogens is 1. The van der Waals surface area contributed by atoms with E-state index in [9.17, 15) is 0 Å². The molecule has 118 valence electrons. The van der Waals surface area contributed by atoms with Crippen LogP contribution in [0.25, 0.3) is 0 Å². The van der Waals surface area contributed by atoms with Gasteiger partial charge in [-0.25, -0.2) is 0 Å². The van der Waals surface area contributed by atoms with Crippen molar-refractivity contribution in [2.24, 2.45) is 5.84 Å². The monoisotopic (exact) mass is 356 g/mol. The van der Waals surface area contributed by atoms with E-state index < -0.39 is 0 Å². The Balaban J connectivity index is 2.09. The third kappa shape index (κ3) is 4.17. The Morgan fingerprint density at radius 2 is 2.19 bits per heavy atom. The number of ether oxygens (including phenoxy) is 1. The van der Waals surface area contributed by atoms with E-state index in [0.717, 1.165) is 36.3 Å². The first-order valence-corrected chi connectivity index (χ1v) is 8.01. The van der Waals surface area contributed by atoms with E-state index in [1.807, 2.05) is 6.07 Å². The third-order valence-electron chi connectivity index (χ3n) is 4.25. The van der Waals surface area contributed by atoms with Gasteiger partial charge in [-0.1, -0.05) is 6.07 Å². The second kappa shape index (κ2) is 7.56. The van der Waals surface area contributed by atoms with E-state index in [2.05, 4.69) is 57.4 Å². The van der Waals surface area contributed by atoms with Gasteiger partial charge in [-0.2, -0.15) is 0 Å². The van der Waals surface area contributed by atoms with Crippen molar-refractivity contribution in [3.8, 4) is 5.75 Å². The van der Waals surface area contributed by atoms with E-state index >= 15 is 0 Å². The number of hydrogen-bond donors (Lipinski definition) is 2. The van der Waals surface area contributed by atoms with Crippen LogP contribution in [0.2, 0.25) is 0 Å². The first-order valence-electron chi connectivity index (χ1n) is 7.22. The fourth-order valence-corrected chi connectivity index (χ4v) is 3.46. The van der Waals surface area contributed by atoms with Gasteiger partial charge in [0.15, 0.2) is 0 Å². The maximum atomic E-state index is 5.82. The number of piperazine rings is 1. The highest BCUT2D eigenvalue weighted by molar-refractivity contribution is 9.10. The lowest BCUT2D eigenvalue weighted by Gasteiger charge is -2.41. The second-order valence-electron chi connectivity index (χ2n) is 5.76. The molecule has 5 nitrogen and oxygen atoms in total. The zero-order chi connectivity index (χ0) is 15.4. The van der Waals surface area contributed by atoms with Gasteiger partial charge in [0.1, 0.15) is 5.75 Å². The van der Waals surface area contributed by atoms with Crippen molar-refractivity contribution in [3.63, 3.8) is 0 Å². The van der Waals surface area contributed by atoms with Gasteiger partial charge in [-0.05, 0) is 54.1 Å². The molecule has 0 amide bonds. The predicted molar refractivity (Wildman–Crippen MR) is 89.4 cm³/mol. The molecule has 2 rings (SSSR count). The summed E-state index contributed by atoms with van der Waals surface area (Å²) < 4.78 is 6.26. The van der Waals surface area contributed by atoms with Gasteiger partial charge in [0, 0.05) is 31.7 Å². The largest absolute Gasteiger partial charge is 0.496 e. The SMILES string of the molecule is COc1ccc(CC(NN)C2CN(C)CCN2C)cc1Br. The average Bonchev–Trinajstić information content (AvgIpc) is 2.47. The highest BCUT2D eigenvalue weighted by Crippen LogP contribution is 2.26. The standard InChI is InChI=1S/C15H25BrN4O/c1-19-6-7-20(2)14(10-19)13(18-17)9-11-4-5-15(21-3)12(16)8-11/h4-5,8,13-14,18H,6-7,9-10,17H2,1-3H3. The molecule has 1 saturated heterocycles. The van der Waals surface area contributed by atoms with Crippen LogP contribution in [0.3, 0.4) is 0 Å². The van der Waals surface area contributed by atoms with Crippen LogP contribution in [-0.2, 0) is 6.42 Å². The quantitative estimate of drug-likeness (QED) is 0.610. The predicted octanol–water partition coefficient (Wildman–Crippen LogP) is 1.08. The zero-order valence-corrected chi connectivity index (χ0v) is 14.6. The highest BCUT2D eigenvalue weighted by Gasteiger charge is 2.29. The van der Waals surface area contributed by atoms with Crippen molar-refractivity contribution in [2.75, 3.05) is 40.8 Å². The molecule has 1 aromatic carbocycles. The van der Waals surface area contributed by atoms with Crippen molar-refractivity contribution in [1.29, 1.82) is 0 Å². The number of rotatable bonds is 5. The topological polar surface area (TPSA) is 53.8 Å². The Hall–Kier alpha value is -0.660. The van der Waals surface area contributed by atoms with Crippen molar-refractivity contribution < 1.29 is 4.74 Å². The summed E-state index contributed by atoms with van der Waals surface area (Å²) in [6.07, 6.45) is 0.891. The van der Waals surface area contributed by atoms with Crippen molar-refractivity contribution in [1.82, 2.24) is 15.2 Å². The zero-order valence-electron chi connectivity index (χ0n) is 13.0. The summed E-state index contributed by atoms with van der Waals surface area (Å²) in [5, 5.41) is 0. The fraction of sp³-hybridized carbons (Fsp3) is 0.600. The molecule has 0 bridgehead atoms. The molecule has 3 N–H and O–H groups in total. The molecule has 6 heteroatoms. The van der Waals surface area contributed by atoms with Gasteiger partial charge in [0.25, 0.3) is 0 Å². The van der Waals surface area contributed by atoms with E-state index in [1.54, 1.807) is 7.11 Å². The number of nitrogens with one attached hydrogen (secondary N) is 1. The summed E-state index contributed by atoms with van der Waals surface area (Å²) in [5.74, 6) is 6.67. The summed E-state index contributed by atoms with van der Waals surface area (Å²) in [6.45, 7) is 3.22. The van der Waals surface area contributed by atoms with Crippen LogP contribution in [0.1, 0.15) is 5.56 Å². The van der Waals surface area contributed by atoms with Crippen LogP contribution in [-0.4, -0.2) is 62.7 Å². The van der Waals surface area contributed by atoms with E-state index in [-0.39, 0.29) is 6.04 Å². The molecule has 2 unspecified atom stereocenters. The lowest BCUT2D eigenvalue weighted by Crippen LogP contribution is -2.60. The van der Waals surface area contributed by atoms with Gasteiger partial charge >= 0.3 is 0 Å². The number of likely N-dealkylation sites (N-methyl/N-ethyl adjacent to an activating group) is 2. The first kappa shape index (κ1) is 16.7. The minimum absolute atomic E-state index is 0.220. The summed E-state index contributed by atoms with van der Waals surface area (Å²) in [5.41, 5.74) is 4.25. The van der Waals surface area contributed by atoms with Gasteiger partial charge in [-0.15, -0.1) is 0 Å². The maximum Gasteiger partial charge on any atom is 0.133 e. The molecular formula is C15H25BrN4O. The molecule has 2 atom stereocenters. The highest BCUT2D eigenvalue weighted by atomic mass is 79.9. The first-order chi connectivity index (χ1) is 10.0. The van der Waals surface area contributed by atoms with Gasteiger partial charge in [0.2, 0.25) is 0 Å². The number of hydrogen-bond acceptors (Lipinski definition) is 5. The van der Waals surface area contributed by atoms with Gasteiger partial charge in [-0.3, -0.25) is 16.2 Å². The molecule has 1 aliphatic rings. The molecular weight excluding hydrogens is 332 g/mol. The van der Waals surface area contributed by atoms with Crippen molar-refractivity contribution in [2.45, 2.75) is 18.5 Å². The summed E-state index contributed by atoms with van der Waals surface area (Å²) in [6, 6.07) is 6.83. The van der Waals surface area contributed by atoms with E-state index in [1.165, 1.54) is 5.56 Å². The minimum atomic E-state index is 0.220. The molecule has 0 aliphatic carbocycles. The molecule has 21 heavy (non-hydrogen) atoms. The Morgan fingerprint density at radius 3 is 2.81 bits per heavy atom.